The average molecular weight is 209 g/mol. The van der Waals surface area contributed by atoms with Crippen molar-refractivity contribution >= 4 is 6.98 Å². The predicted molar refractivity (Wildman–Crippen MR) is 38.2 cm³/mol. The van der Waals surface area contributed by atoms with Gasteiger partial charge in [0.1, 0.15) is 0 Å². The Bertz CT molecular complexity index is 122. The zero-order chi connectivity index (χ0) is 9.07. The minimum absolute atomic E-state index is 0. The van der Waals surface area contributed by atoms with E-state index in [1.165, 1.54) is 13.8 Å². The van der Waals surface area contributed by atoms with Crippen molar-refractivity contribution < 1.29 is 69.4 Å². The van der Waals surface area contributed by atoms with Crippen LogP contribution in [-0.4, -0.2) is 30.7 Å². The van der Waals surface area contributed by atoms with Crippen molar-refractivity contribution in [2.24, 2.45) is 0 Å². The second-order valence-corrected chi connectivity index (χ2v) is 2.65. The van der Waals surface area contributed by atoms with Gasteiger partial charge in [0.15, 0.2) is 0 Å². The summed E-state index contributed by atoms with van der Waals surface area (Å²) in [6.45, 7) is -1.83. The molecular weight excluding hydrogens is 197 g/mol. The van der Waals surface area contributed by atoms with Crippen LogP contribution in [0.1, 0.15) is 13.8 Å². The van der Waals surface area contributed by atoms with Gasteiger partial charge in [0, 0.05) is 6.04 Å². The van der Waals surface area contributed by atoms with Gasteiger partial charge in [-0.3, -0.25) is 0 Å². The minimum Gasteiger partial charge on any atom is -0.448 e. The summed E-state index contributed by atoms with van der Waals surface area (Å²) < 4.78 is 34.8. The summed E-state index contributed by atoms with van der Waals surface area (Å²) in [5.41, 5.74) is 0. The first-order valence-electron chi connectivity index (χ1n) is 3.45. The maximum absolute atomic E-state index is 11.6. The van der Waals surface area contributed by atoms with Crippen LogP contribution in [0.5, 0.6) is 0 Å². The molecule has 0 saturated carbocycles. The topological polar surface area (TPSA) is 32.3 Å². The van der Waals surface area contributed by atoms with Gasteiger partial charge < -0.3 is 23.4 Å². The van der Waals surface area contributed by atoms with Gasteiger partial charge in [0.25, 0.3) is 0 Å². The van der Waals surface area contributed by atoms with Crippen LogP contribution in [0.4, 0.5) is 12.9 Å². The minimum atomic E-state index is -4.78. The Kier molecular flexibility index (Phi) is 9.00. The molecule has 68 valence electrons. The molecule has 0 radical (unpaired) electrons. The first-order valence-corrected chi connectivity index (χ1v) is 3.45. The molecule has 12 heavy (non-hydrogen) atoms. The molecule has 0 aliphatic rings. The molecule has 0 aromatic rings. The van der Waals surface area contributed by atoms with Crippen molar-refractivity contribution in [1.82, 2.24) is 5.32 Å². The fourth-order valence-corrected chi connectivity index (χ4v) is 0.490. The Morgan fingerprint density at radius 1 is 1.33 bits per heavy atom. The van der Waals surface area contributed by atoms with Gasteiger partial charge in [-0.15, -0.1) is 0 Å². The molecule has 0 aromatic heterocycles. The second kappa shape index (κ2) is 6.80. The van der Waals surface area contributed by atoms with E-state index in [2.05, 4.69) is 5.32 Å². The van der Waals surface area contributed by atoms with Crippen LogP contribution in [0, 0.1) is 0 Å². The van der Waals surface area contributed by atoms with Crippen LogP contribution in [0.3, 0.4) is 0 Å². The molecular formula is C5H12BF3KNO. The molecule has 7 heteroatoms. The first-order chi connectivity index (χ1) is 4.83. The zero-order valence-electron chi connectivity index (χ0n) is 7.52. The molecule has 0 spiro atoms. The molecule has 0 bridgehead atoms. The summed E-state index contributed by atoms with van der Waals surface area (Å²) in [7, 11) is 0. The van der Waals surface area contributed by atoms with Crippen molar-refractivity contribution in [2.75, 3.05) is 6.44 Å². The Morgan fingerprint density at radius 3 is 2.00 bits per heavy atom. The Balaban J connectivity index is 0. The molecule has 0 saturated heterocycles. The van der Waals surface area contributed by atoms with Crippen LogP contribution in [0.25, 0.3) is 0 Å². The third-order valence-electron chi connectivity index (χ3n) is 1.39. The van der Waals surface area contributed by atoms with Crippen LogP contribution in [0.2, 0.25) is 0 Å². The number of aliphatic hydroxyl groups excluding tert-OH is 1. The van der Waals surface area contributed by atoms with E-state index in [-0.39, 0.29) is 51.4 Å². The summed E-state index contributed by atoms with van der Waals surface area (Å²) in [4.78, 5) is 0. The van der Waals surface area contributed by atoms with E-state index >= 15 is 0 Å². The Morgan fingerprint density at radius 2 is 1.75 bits per heavy atom. The van der Waals surface area contributed by atoms with Crippen LogP contribution in [0.15, 0.2) is 0 Å². The maximum atomic E-state index is 11.6. The third kappa shape index (κ3) is 9.50. The predicted octanol–water partition coefficient (Wildman–Crippen LogP) is -2.26. The van der Waals surface area contributed by atoms with Gasteiger partial charge in [0.05, 0.1) is 6.10 Å². The summed E-state index contributed by atoms with van der Waals surface area (Å²) in [6.07, 6.45) is -1.75. The fraction of sp³-hybridized carbons (Fsp3) is 1.00. The van der Waals surface area contributed by atoms with E-state index in [0.29, 0.717) is 0 Å². The molecule has 2 nitrogen and oxygen atoms in total. The number of nitrogens with one attached hydrogen (secondary N) is 1. The summed E-state index contributed by atoms with van der Waals surface area (Å²) in [6, 6.07) is -0.515. The van der Waals surface area contributed by atoms with E-state index in [9.17, 15) is 12.9 Å². The number of rotatable bonds is 4. The Labute approximate surface area is 113 Å². The van der Waals surface area contributed by atoms with Crippen LogP contribution >= 0.6 is 0 Å². The van der Waals surface area contributed by atoms with Gasteiger partial charge in [-0.1, -0.05) is 0 Å². The van der Waals surface area contributed by atoms with Gasteiger partial charge in [0.2, 0.25) is 0 Å². The molecule has 0 aromatic carbocycles. The molecule has 0 aliphatic carbocycles. The monoisotopic (exact) mass is 209 g/mol. The smallest absolute Gasteiger partial charge is 0.448 e. The summed E-state index contributed by atoms with van der Waals surface area (Å²) in [5.74, 6) is 0. The standard InChI is InChI=1S/C5H12BF3NO.K/c1-4(5(2)11)10-3-6(7,8)9;/h4-5,10-11H,3H2,1-2H3;/q-1;+1. The fourth-order valence-electron chi connectivity index (χ4n) is 0.490. The largest absolute Gasteiger partial charge is 1.00 e. The van der Waals surface area contributed by atoms with Crippen molar-refractivity contribution in [3.63, 3.8) is 0 Å². The van der Waals surface area contributed by atoms with Crippen molar-refractivity contribution in [1.29, 1.82) is 0 Å². The van der Waals surface area contributed by atoms with Crippen LogP contribution in [-0.2, 0) is 0 Å². The molecule has 0 fully saturated rings. The number of hydrogen-bond donors (Lipinski definition) is 2. The van der Waals surface area contributed by atoms with E-state index in [1.54, 1.807) is 0 Å². The van der Waals surface area contributed by atoms with Gasteiger partial charge in [-0.05, 0) is 20.3 Å². The number of halogens is 3. The number of hydrogen-bond acceptors (Lipinski definition) is 2. The SMILES string of the molecule is CC(O)C(C)NC[B-](F)(F)F.[K+]. The van der Waals surface area contributed by atoms with Crippen molar-refractivity contribution in [2.45, 2.75) is 26.0 Å². The van der Waals surface area contributed by atoms with Gasteiger partial charge in [-0.2, -0.15) is 0 Å². The second-order valence-electron chi connectivity index (χ2n) is 2.65. The normalized spacial score (nSPS) is 16.5. The molecule has 0 heterocycles. The molecule has 0 amide bonds. The third-order valence-corrected chi connectivity index (χ3v) is 1.39. The van der Waals surface area contributed by atoms with Crippen molar-refractivity contribution in [3.05, 3.63) is 0 Å². The van der Waals surface area contributed by atoms with Crippen molar-refractivity contribution in [3.8, 4) is 0 Å². The Hall–Kier alpha value is 1.41. The van der Waals surface area contributed by atoms with E-state index < -0.39 is 25.6 Å². The van der Waals surface area contributed by atoms with Gasteiger partial charge >= 0.3 is 58.4 Å². The number of aliphatic hydroxyl groups is 1. The molecule has 2 unspecified atom stereocenters. The zero-order valence-corrected chi connectivity index (χ0v) is 10.6. The molecule has 0 rings (SSSR count). The molecule has 0 aliphatic heterocycles. The first kappa shape index (κ1) is 15.9. The van der Waals surface area contributed by atoms with E-state index in [0.717, 1.165) is 0 Å². The summed E-state index contributed by atoms with van der Waals surface area (Å²) >= 11 is 0. The average Bonchev–Trinajstić information content (AvgIpc) is 1.80. The van der Waals surface area contributed by atoms with Gasteiger partial charge in [-0.25, -0.2) is 0 Å². The van der Waals surface area contributed by atoms with E-state index in [4.69, 9.17) is 5.11 Å². The quantitative estimate of drug-likeness (QED) is 0.512. The van der Waals surface area contributed by atoms with Crippen LogP contribution < -0.4 is 56.7 Å². The maximum Gasteiger partial charge on any atom is 1.00 e. The molecule has 2 N–H and O–H groups in total. The van der Waals surface area contributed by atoms with E-state index in [1.807, 2.05) is 0 Å². The molecule has 2 atom stereocenters. The summed E-state index contributed by atoms with van der Waals surface area (Å²) in [5, 5.41) is 11.0.